The Morgan fingerprint density at radius 3 is 3.05 bits per heavy atom. The number of aryl methyl sites for hydroxylation is 1. The van der Waals surface area contributed by atoms with Crippen LogP contribution in [0.4, 0.5) is 5.82 Å². The minimum atomic E-state index is -0.652. The van der Waals surface area contributed by atoms with Crippen LogP contribution in [0.1, 0.15) is 11.3 Å². The van der Waals surface area contributed by atoms with Crippen LogP contribution in [0.3, 0.4) is 0 Å². The number of para-hydroxylation sites is 1. The van der Waals surface area contributed by atoms with Gasteiger partial charge in [-0.15, -0.1) is 0 Å². The second-order valence-corrected chi connectivity index (χ2v) is 4.98. The Morgan fingerprint density at radius 2 is 2.29 bits per heavy atom. The Hall–Kier alpha value is -2.60. The highest BCUT2D eigenvalue weighted by Gasteiger charge is 2.17. The predicted octanol–water partition coefficient (Wildman–Crippen LogP) is 1.97. The number of amides is 1. The number of carbonyl (C=O) groups is 1. The first-order valence-corrected chi connectivity index (χ1v) is 6.68. The average Bonchev–Trinajstić information content (AvgIpc) is 3.06. The van der Waals surface area contributed by atoms with E-state index >= 15 is 0 Å². The summed E-state index contributed by atoms with van der Waals surface area (Å²) < 4.78 is 4.90. The molecule has 0 radical (unpaired) electrons. The average molecular weight is 284 g/mol. The number of rotatable bonds is 4. The summed E-state index contributed by atoms with van der Waals surface area (Å²) in [5, 5.41) is 7.44. The Balaban J connectivity index is 1.70. The molecule has 108 valence electrons. The van der Waals surface area contributed by atoms with Crippen molar-refractivity contribution in [2.45, 2.75) is 19.4 Å². The molecule has 1 aromatic carbocycles. The second kappa shape index (κ2) is 5.41. The van der Waals surface area contributed by atoms with Crippen molar-refractivity contribution in [3.63, 3.8) is 0 Å². The van der Waals surface area contributed by atoms with E-state index in [0.29, 0.717) is 18.0 Å². The van der Waals surface area contributed by atoms with Gasteiger partial charge >= 0.3 is 0 Å². The van der Waals surface area contributed by atoms with Crippen LogP contribution in [0.5, 0.6) is 0 Å². The molecule has 21 heavy (non-hydrogen) atoms. The van der Waals surface area contributed by atoms with Gasteiger partial charge in [-0.3, -0.25) is 4.79 Å². The fourth-order valence-corrected chi connectivity index (χ4v) is 2.27. The zero-order valence-corrected chi connectivity index (χ0v) is 11.6. The van der Waals surface area contributed by atoms with E-state index in [0.717, 1.165) is 16.5 Å². The van der Waals surface area contributed by atoms with Gasteiger partial charge in [-0.2, -0.15) is 0 Å². The molecule has 0 fully saturated rings. The van der Waals surface area contributed by atoms with Gasteiger partial charge < -0.3 is 20.6 Å². The Kier molecular flexibility index (Phi) is 3.45. The normalized spacial score (nSPS) is 12.5. The van der Waals surface area contributed by atoms with Crippen molar-refractivity contribution < 1.29 is 9.32 Å². The lowest BCUT2D eigenvalue weighted by Crippen LogP contribution is -2.37. The standard InChI is InChI=1S/C15H16N4O2/c1-9-6-14(19-21-9)18-15(20)12(16)7-10-8-17-13-5-3-2-4-11(10)13/h2-6,8,12,17H,7,16H2,1H3,(H,18,19,20). The number of hydrogen-bond acceptors (Lipinski definition) is 4. The molecule has 6 heteroatoms. The van der Waals surface area contributed by atoms with E-state index in [1.807, 2.05) is 30.5 Å². The molecule has 0 aliphatic rings. The third-order valence-electron chi connectivity index (χ3n) is 3.33. The lowest BCUT2D eigenvalue weighted by Gasteiger charge is -2.10. The number of aromatic nitrogens is 2. The number of nitrogens with one attached hydrogen (secondary N) is 2. The van der Waals surface area contributed by atoms with E-state index in [4.69, 9.17) is 10.3 Å². The van der Waals surface area contributed by atoms with Crippen molar-refractivity contribution >= 4 is 22.6 Å². The van der Waals surface area contributed by atoms with Gasteiger partial charge in [0.05, 0.1) is 6.04 Å². The Morgan fingerprint density at radius 1 is 1.48 bits per heavy atom. The minimum absolute atomic E-state index is 0.284. The highest BCUT2D eigenvalue weighted by atomic mass is 16.5. The molecule has 4 N–H and O–H groups in total. The van der Waals surface area contributed by atoms with Gasteiger partial charge in [-0.05, 0) is 25.0 Å². The summed E-state index contributed by atoms with van der Waals surface area (Å²) in [5.41, 5.74) is 8.02. The Labute approximate surface area is 121 Å². The lowest BCUT2D eigenvalue weighted by atomic mass is 10.1. The monoisotopic (exact) mass is 284 g/mol. The molecule has 6 nitrogen and oxygen atoms in total. The van der Waals surface area contributed by atoms with Crippen LogP contribution in [0.25, 0.3) is 10.9 Å². The highest BCUT2D eigenvalue weighted by molar-refractivity contribution is 5.94. The predicted molar refractivity (Wildman–Crippen MR) is 79.8 cm³/mol. The number of aromatic amines is 1. The third-order valence-corrected chi connectivity index (χ3v) is 3.33. The van der Waals surface area contributed by atoms with Gasteiger partial charge in [-0.25, -0.2) is 0 Å². The number of anilines is 1. The first-order chi connectivity index (χ1) is 10.1. The quantitative estimate of drug-likeness (QED) is 0.682. The molecule has 2 heterocycles. The molecule has 0 saturated heterocycles. The van der Waals surface area contributed by atoms with Gasteiger partial charge in [-0.1, -0.05) is 23.4 Å². The van der Waals surface area contributed by atoms with Gasteiger partial charge in [0.25, 0.3) is 0 Å². The maximum atomic E-state index is 12.1. The summed E-state index contributed by atoms with van der Waals surface area (Å²) in [7, 11) is 0. The topological polar surface area (TPSA) is 96.9 Å². The first-order valence-electron chi connectivity index (χ1n) is 6.68. The summed E-state index contributed by atoms with van der Waals surface area (Å²) in [5.74, 6) is 0.732. The van der Waals surface area contributed by atoms with Crippen molar-refractivity contribution in [3.8, 4) is 0 Å². The number of nitrogens with zero attached hydrogens (tertiary/aromatic N) is 1. The van der Waals surface area contributed by atoms with Crippen LogP contribution in [-0.4, -0.2) is 22.1 Å². The molecule has 1 atom stereocenters. The van der Waals surface area contributed by atoms with E-state index in [1.165, 1.54) is 0 Å². The number of H-pyrrole nitrogens is 1. The van der Waals surface area contributed by atoms with E-state index in [-0.39, 0.29) is 5.91 Å². The van der Waals surface area contributed by atoms with E-state index in [2.05, 4.69) is 15.5 Å². The van der Waals surface area contributed by atoms with Gasteiger partial charge in [0, 0.05) is 23.2 Å². The third kappa shape index (κ3) is 2.80. The molecule has 0 aliphatic heterocycles. The van der Waals surface area contributed by atoms with Crippen molar-refractivity contribution in [2.75, 3.05) is 5.32 Å². The van der Waals surface area contributed by atoms with E-state index < -0.39 is 6.04 Å². The zero-order chi connectivity index (χ0) is 14.8. The maximum absolute atomic E-state index is 12.1. The number of fused-ring (bicyclic) bond motifs is 1. The molecule has 1 amide bonds. The fourth-order valence-electron chi connectivity index (χ4n) is 2.27. The first kappa shape index (κ1) is 13.4. The number of benzene rings is 1. The minimum Gasteiger partial charge on any atom is -0.361 e. The van der Waals surface area contributed by atoms with Crippen molar-refractivity contribution in [1.82, 2.24) is 10.1 Å². The number of nitrogens with two attached hydrogens (primary N) is 1. The van der Waals surface area contributed by atoms with Gasteiger partial charge in [0.15, 0.2) is 5.82 Å². The summed E-state index contributed by atoms with van der Waals surface area (Å²) in [6, 6.07) is 8.92. The number of carbonyl (C=O) groups excluding carboxylic acids is 1. The molecule has 0 aliphatic carbocycles. The summed E-state index contributed by atoms with van der Waals surface area (Å²) in [6.07, 6.45) is 2.34. The van der Waals surface area contributed by atoms with Crippen LogP contribution in [0.15, 0.2) is 41.1 Å². The summed E-state index contributed by atoms with van der Waals surface area (Å²) in [6.45, 7) is 1.76. The fraction of sp³-hybridized carbons (Fsp3) is 0.200. The molecule has 0 saturated carbocycles. The second-order valence-electron chi connectivity index (χ2n) is 4.98. The molecule has 0 spiro atoms. The molecule has 0 bridgehead atoms. The zero-order valence-electron chi connectivity index (χ0n) is 11.6. The van der Waals surface area contributed by atoms with Crippen molar-refractivity contribution in [1.29, 1.82) is 0 Å². The smallest absolute Gasteiger partial charge is 0.242 e. The molecular weight excluding hydrogens is 268 g/mol. The highest BCUT2D eigenvalue weighted by Crippen LogP contribution is 2.19. The molecule has 3 rings (SSSR count). The van der Waals surface area contributed by atoms with Gasteiger partial charge in [0.2, 0.25) is 5.91 Å². The molecule has 2 aromatic heterocycles. The van der Waals surface area contributed by atoms with E-state index in [9.17, 15) is 4.79 Å². The van der Waals surface area contributed by atoms with Crippen LogP contribution >= 0.6 is 0 Å². The van der Waals surface area contributed by atoms with Crippen LogP contribution in [0, 0.1) is 6.92 Å². The largest absolute Gasteiger partial charge is 0.361 e. The lowest BCUT2D eigenvalue weighted by molar-refractivity contribution is -0.117. The van der Waals surface area contributed by atoms with Crippen LogP contribution in [-0.2, 0) is 11.2 Å². The molecular formula is C15H16N4O2. The SMILES string of the molecule is Cc1cc(NC(=O)C(N)Cc2c[nH]c3ccccc23)no1. The molecule has 3 aromatic rings. The van der Waals surface area contributed by atoms with Crippen LogP contribution < -0.4 is 11.1 Å². The van der Waals surface area contributed by atoms with Crippen molar-refractivity contribution in [2.24, 2.45) is 5.73 Å². The molecule has 1 unspecified atom stereocenters. The summed E-state index contributed by atoms with van der Waals surface area (Å²) in [4.78, 5) is 15.2. The number of hydrogen-bond donors (Lipinski definition) is 3. The summed E-state index contributed by atoms with van der Waals surface area (Å²) >= 11 is 0. The van der Waals surface area contributed by atoms with Gasteiger partial charge in [0.1, 0.15) is 5.76 Å². The maximum Gasteiger partial charge on any atom is 0.242 e. The van der Waals surface area contributed by atoms with E-state index in [1.54, 1.807) is 13.0 Å². The van der Waals surface area contributed by atoms with Crippen molar-refractivity contribution in [3.05, 3.63) is 47.9 Å². The van der Waals surface area contributed by atoms with Crippen LogP contribution in [0.2, 0.25) is 0 Å². The Bertz CT molecular complexity index is 775.